The van der Waals surface area contributed by atoms with Crippen LogP contribution in [0.1, 0.15) is 20.7 Å². The number of carbonyl (C=O) groups is 2. The van der Waals surface area contributed by atoms with Gasteiger partial charge in [0.25, 0.3) is 0 Å². The van der Waals surface area contributed by atoms with Crippen molar-refractivity contribution in [1.29, 1.82) is 0 Å². The highest BCUT2D eigenvalue weighted by atomic mass is 16.6. The zero-order valence-corrected chi connectivity index (χ0v) is 10.7. The number of benzene rings is 2. The molecular weight excluding hydrogens is 256 g/mol. The number of rotatable bonds is 0. The number of hydrogen-bond acceptors (Lipinski definition) is 4. The third kappa shape index (κ3) is 2.40. The first-order valence-electron chi connectivity index (χ1n) is 6.29. The summed E-state index contributed by atoms with van der Waals surface area (Å²) in [6.45, 7) is 0.0953. The zero-order chi connectivity index (χ0) is 13.9. The van der Waals surface area contributed by atoms with E-state index in [2.05, 4.69) is 0 Å². The number of esters is 2. The van der Waals surface area contributed by atoms with Gasteiger partial charge in [-0.1, -0.05) is 24.3 Å². The van der Waals surface area contributed by atoms with Crippen molar-refractivity contribution >= 4 is 11.9 Å². The van der Waals surface area contributed by atoms with E-state index in [1.54, 1.807) is 30.3 Å². The van der Waals surface area contributed by atoms with E-state index < -0.39 is 11.9 Å². The molecule has 0 fully saturated rings. The first-order valence-corrected chi connectivity index (χ1v) is 6.29. The van der Waals surface area contributed by atoms with Crippen molar-refractivity contribution in [2.75, 3.05) is 13.2 Å². The molecule has 0 unspecified atom stereocenters. The summed E-state index contributed by atoms with van der Waals surface area (Å²) in [5, 5.41) is 0. The van der Waals surface area contributed by atoms with Crippen LogP contribution in [0.5, 0.6) is 0 Å². The van der Waals surface area contributed by atoms with Gasteiger partial charge in [0.05, 0.1) is 11.1 Å². The van der Waals surface area contributed by atoms with Crippen LogP contribution in [-0.4, -0.2) is 25.2 Å². The fourth-order valence-electron chi connectivity index (χ4n) is 2.06. The molecule has 0 aliphatic carbocycles. The fourth-order valence-corrected chi connectivity index (χ4v) is 2.06. The van der Waals surface area contributed by atoms with Crippen LogP contribution in [0.4, 0.5) is 0 Å². The second-order valence-electron chi connectivity index (χ2n) is 4.43. The predicted octanol–water partition coefficient (Wildman–Crippen LogP) is 2.68. The molecule has 2 aliphatic rings. The Morgan fingerprint density at radius 1 is 0.650 bits per heavy atom. The van der Waals surface area contributed by atoms with Gasteiger partial charge in [0, 0.05) is 0 Å². The Bertz CT molecular complexity index is 658. The Balaban J connectivity index is 2.07. The summed E-state index contributed by atoms with van der Waals surface area (Å²) in [4.78, 5) is 23.6. The summed E-state index contributed by atoms with van der Waals surface area (Å²) in [5.74, 6) is -0.837. The van der Waals surface area contributed by atoms with Gasteiger partial charge < -0.3 is 9.47 Å². The second kappa shape index (κ2) is 5.17. The second-order valence-corrected chi connectivity index (χ2v) is 4.43. The topological polar surface area (TPSA) is 52.6 Å². The maximum atomic E-state index is 11.9. The molecule has 0 saturated heterocycles. The van der Waals surface area contributed by atoms with Crippen molar-refractivity contribution in [3.63, 3.8) is 0 Å². The number of carbonyl (C=O) groups excluding carboxylic acids is 2. The quantitative estimate of drug-likeness (QED) is 0.689. The van der Waals surface area contributed by atoms with E-state index in [-0.39, 0.29) is 13.2 Å². The van der Waals surface area contributed by atoms with Crippen molar-refractivity contribution < 1.29 is 19.1 Å². The van der Waals surface area contributed by atoms with Crippen LogP contribution in [-0.2, 0) is 9.47 Å². The van der Waals surface area contributed by atoms with Gasteiger partial charge in [0.1, 0.15) is 13.2 Å². The minimum atomic E-state index is -0.419. The highest BCUT2D eigenvalue weighted by Gasteiger charge is 2.12. The molecule has 0 saturated carbocycles. The van der Waals surface area contributed by atoms with E-state index in [9.17, 15) is 9.59 Å². The molecule has 4 rings (SSSR count). The van der Waals surface area contributed by atoms with Crippen LogP contribution < -0.4 is 0 Å². The highest BCUT2D eigenvalue weighted by Crippen LogP contribution is 2.22. The van der Waals surface area contributed by atoms with Gasteiger partial charge in [0.2, 0.25) is 0 Å². The van der Waals surface area contributed by atoms with E-state index in [1.165, 1.54) is 0 Å². The third-order valence-electron chi connectivity index (χ3n) is 3.10. The van der Waals surface area contributed by atoms with E-state index in [4.69, 9.17) is 9.47 Å². The van der Waals surface area contributed by atoms with E-state index in [0.717, 1.165) is 11.1 Å². The monoisotopic (exact) mass is 268 g/mol. The van der Waals surface area contributed by atoms with Crippen molar-refractivity contribution in [2.45, 2.75) is 0 Å². The Morgan fingerprint density at radius 2 is 1.20 bits per heavy atom. The Hall–Kier alpha value is -2.62. The van der Waals surface area contributed by atoms with Crippen molar-refractivity contribution in [1.82, 2.24) is 0 Å². The maximum absolute atomic E-state index is 11.9. The van der Waals surface area contributed by atoms with Gasteiger partial charge in [-0.3, -0.25) is 0 Å². The van der Waals surface area contributed by atoms with Gasteiger partial charge in [0.15, 0.2) is 0 Å². The number of hydrogen-bond donors (Lipinski definition) is 0. The molecule has 0 amide bonds. The summed E-state index contributed by atoms with van der Waals surface area (Å²) < 4.78 is 10.1. The van der Waals surface area contributed by atoms with Gasteiger partial charge in [-0.2, -0.15) is 0 Å². The first kappa shape index (κ1) is 12.4. The molecule has 100 valence electrons. The van der Waals surface area contributed by atoms with Crippen LogP contribution in [0, 0.1) is 0 Å². The third-order valence-corrected chi connectivity index (χ3v) is 3.10. The lowest BCUT2D eigenvalue weighted by Gasteiger charge is -2.06. The standard InChI is InChI=1S/C16H12O4/c17-15-12-6-4-11(5-7-12)13-2-1-3-14(10-13)16(18)20-9-8-19-15/h1-7,10H,8-9H2. The molecular formula is C16H12O4. The number of ether oxygens (including phenoxy) is 2. The first-order chi connectivity index (χ1) is 9.74. The molecule has 0 spiro atoms. The molecule has 4 bridgehead atoms. The molecule has 2 aromatic rings. The van der Waals surface area contributed by atoms with Gasteiger partial charge in [-0.15, -0.1) is 0 Å². The summed E-state index contributed by atoms with van der Waals surface area (Å²) in [6.07, 6.45) is 0. The summed E-state index contributed by atoms with van der Waals surface area (Å²) in [5.41, 5.74) is 2.79. The van der Waals surface area contributed by atoms with Crippen molar-refractivity contribution in [3.05, 3.63) is 59.7 Å². The van der Waals surface area contributed by atoms with Crippen LogP contribution in [0.2, 0.25) is 0 Å². The van der Waals surface area contributed by atoms with Crippen molar-refractivity contribution in [2.24, 2.45) is 0 Å². The molecule has 2 aliphatic heterocycles. The molecule has 2 heterocycles. The molecule has 20 heavy (non-hydrogen) atoms. The normalized spacial score (nSPS) is 14.6. The molecule has 0 N–H and O–H groups in total. The molecule has 0 atom stereocenters. The average molecular weight is 268 g/mol. The zero-order valence-electron chi connectivity index (χ0n) is 10.7. The molecule has 4 nitrogen and oxygen atoms in total. The van der Waals surface area contributed by atoms with Gasteiger partial charge >= 0.3 is 11.9 Å². The lowest BCUT2D eigenvalue weighted by molar-refractivity contribution is 0.0266. The molecule has 0 radical (unpaired) electrons. The van der Waals surface area contributed by atoms with E-state index in [0.29, 0.717) is 11.1 Å². The number of fused-ring (bicyclic) bond motifs is 7. The van der Waals surface area contributed by atoms with Crippen molar-refractivity contribution in [3.8, 4) is 11.1 Å². The highest BCUT2D eigenvalue weighted by molar-refractivity contribution is 5.92. The summed E-state index contributed by atoms with van der Waals surface area (Å²) in [6, 6.07) is 14.3. The summed E-state index contributed by atoms with van der Waals surface area (Å²) >= 11 is 0. The van der Waals surface area contributed by atoms with Crippen LogP contribution in [0.3, 0.4) is 0 Å². The smallest absolute Gasteiger partial charge is 0.338 e. The Labute approximate surface area is 115 Å². The Morgan fingerprint density at radius 3 is 1.90 bits per heavy atom. The van der Waals surface area contributed by atoms with Crippen LogP contribution in [0.25, 0.3) is 11.1 Å². The fraction of sp³-hybridized carbons (Fsp3) is 0.125. The van der Waals surface area contributed by atoms with Crippen LogP contribution in [0.15, 0.2) is 48.5 Å². The molecule has 0 aromatic heterocycles. The SMILES string of the molecule is O=C1OCCOC(=O)c2cccc(c2)-c2ccc1cc2. The van der Waals surface area contributed by atoms with E-state index >= 15 is 0 Å². The van der Waals surface area contributed by atoms with Gasteiger partial charge in [-0.05, 0) is 35.4 Å². The lowest BCUT2D eigenvalue weighted by Crippen LogP contribution is -2.13. The maximum Gasteiger partial charge on any atom is 0.338 e. The summed E-state index contributed by atoms with van der Waals surface area (Å²) in [7, 11) is 0. The minimum Gasteiger partial charge on any atom is -0.458 e. The van der Waals surface area contributed by atoms with Gasteiger partial charge in [-0.25, -0.2) is 9.59 Å². The molecule has 4 heteroatoms. The minimum absolute atomic E-state index is 0.0476. The predicted molar refractivity (Wildman–Crippen MR) is 72.4 cm³/mol. The van der Waals surface area contributed by atoms with Crippen LogP contribution >= 0.6 is 0 Å². The lowest BCUT2D eigenvalue weighted by atomic mass is 10.0. The Kier molecular flexibility index (Phi) is 3.21. The molecule has 2 aromatic carbocycles. The van der Waals surface area contributed by atoms with E-state index in [1.807, 2.05) is 18.2 Å². The average Bonchev–Trinajstić information content (AvgIpc) is 2.51. The largest absolute Gasteiger partial charge is 0.458 e.